The van der Waals surface area contributed by atoms with E-state index in [9.17, 15) is 9.59 Å². The Morgan fingerprint density at radius 3 is 2.32 bits per heavy atom. The highest BCUT2D eigenvalue weighted by atomic mass is 35.5. The summed E-state index contributed by atoms with van der Waals surface area (Å²) in [5, 5.41) is 0. The van der Waals surface area contributed by atoms with E-state index in [-0.39, 0.29) is 36.2 Å². The Hall–Kier alpha value is -1.59. The van der Waals surface area contributed by atoms with Crippen molar-refractivity contribution >= 4 is 24.2 Å². The van der Waals surface area contributed by atoms with Crippen LogP contribution in [0.5, 0.6) is 0 Å². The van der Waals surface area contributed by atoms with E-state index in [1.807, 2.05) is 36.1 Å². The van der Waals surface area contributed by atoms with Gasteiger partial charge < -0.3 is 15.5 Å². The molecule has 1 fully saturated rings. The molecule has 2 amide bonds. The van der Waals surface area contributed by atoms with E-state index < -0.39 is 0 Å². The summed E-state index contributed by atoms with van der Waals surface area (Å²) in [6.07, 6.45) is 3.80. The Kier molecular flexibility index (Phi) is 8.39. The predicted molar refractivity (Wildman–Crippen MR) is 103 cm³/mol. The first-order valence-electron chi connectivity index (χ1n) is 8.77. The number of rotatable bonds is 5. The van der Waals surface area contributed by atoms with Gasteiger partial charge in [-0.25, -0.2) is 0 Å². The van der Waals surface area contributed by atoms with Gasteiger partial charge in [-0.05, 0) is 43.9 Å². The smallest absolute Gasteiger partial charge is 0.253 e. The molecule has 5 nitrogen and oxygen atoms in total. The zero-order chi connectivity index (χ0) is 17.7. The van der Waals surface area contributed by atoms with E-state index in [1.54, 1.807) is 19.0 Å². The Labute approximate surface area is 157 Å². The van der Waals surface area contributed by atoms with Crippen LogP contribution in [0.1, 0.15) is 48.5 Å². The molecule has 2 rings (SSSR count). The average Bonchev–Trinajstić information content (AvgIpc) is 2.59. The lowest BCUT2D eigenvalue weighted by Gasteiger charge is -2.31. The Morgan fingerprint density at radius 2 is 1.80 bits per heavy atom. The van der Waals surface area contributed by atoms with Gasteiger partial charge in [-0.15, -0.1) is 12.4 Å². The summed E-state index contributed by atoms with van der Waals surface area (Å²) in [7, 11) is 3.48. The minimum absolute atomic E-state index is 0. The molecule has 1 aliphatic rings. The molecular weight excluding hydrogens is 338 g/mol. The molecule has 2 atom stereocenters. The summed E-state index contributed by atoms with van der Waals surface area (Å²) in [6.45, 7) is 3.27. The van der Waals surface area contributed by atoms with E-state index in [2.05, 4.69) is 0 Å². The molecule has 0 heterocycles. The molecule has 0 bridgehead atoms. The SMILES string of the molecule is CCN(Cc1ccc(C(=O)N(C)C)cc1)C(=O)C1CCCC(N)C1.Cl. The van der Waals surface area contributed by atoms with Crippen molar-refractivity contribution in [1.82, 2.24) is 9.80 Å². The molecule has 1 aliphatic carbocycles. The first-order chi connectivity index (χ1) is 11.4. The van der Waals surface area contributed by atoms with Crippen molar-refractivity contribution in [2.45, 2.75) is 45.2 Å². The van der Waals surface area contributed by atoms with Gasteiger partial charge in [-0.1, -0.05) is 18.6 Å². The van der Waals surface area contributed by atoms with Gasteiger partial charge in [-0.3, -0.25) is 9.59 Å². The minimum Gasteiger partial charge on any atom is -0.345 e. The van der Waals surface area contributed by atoms with Gasteiger partial charge in [-0.2, -0.15) is 0 Å². The Bertz CT molecular complexity index is 575. The normalized spacial score (nSPS) is 19.7. The van der Waals surface area contributed by atoms with Crippen molar-refractivity contribution in [1.29, 1.82) is 0 Å². The van der Waals surface area contributed by atoms with Gasteiger partial charge in [0.1, 0.15) is 0 Å². The van der Waals surface area contributed by atoms with Crippen LogP contribution in [0.15, 0.2) is 24.3 Å². The molecule has 0 aliphatic heterocycles. The van der Waals surface area contributed by atoms with Crippen LogP contribution in [-0.2, 0) is 11.3 Å². The van der Waals surface area contributed by atoms with Crippen LogP contribution in [0, 0.1) is 5.92 Å². The predicted octanol–water partition coefficient (Wildman–Crippen LogP) is 2.68. The highest BCUT2D eigenvalue weighted by molar-refractivity contribution is 5.93. The lowest BCUT2D eigenvalue weighted by Crippen LogP contribution is -2.40. The molecule has 1 aromatic rings. The number of carbonyl (C=O) groups is 2. The van der Waals surface area contributed by atoms with Crippen LogP contribution in [0.3, 0.4) is 0 Å². The fraction of sp³-hybridized carbons (Fsp3) is 0.579. The van der Waals surface area contributed by atoms with Crippen LogP contribution in [0.2, 0.25) is 0 Å². The Morgan fingerprint density at radius 1 is 1.16 bits per heavy atom. The van der Waals surface area contributed by atoms with E-state index in [1.165, 1.54) is 0 Å². The van der Waals surface area contributed by atoms with Gasteiger partial charge in [0.15, 0.2) is 0 Å². The molecule has 1 aromatic carbocycles. The van der Waals surface area contributed by atoms with Crippen molar-refractivity contribution in [2.75, 3.05) is 20.6 Å². The highest BCUT2D eigenvalue weighted by Gasteiger charge is 2.28. The van der Waals surface area contributed by atoms with E-state index in [4.69, 9.17) is 5.73 Å². The van der Waals surface area contributed by atoms with Crippen molar-refractivity contribution < 1.29 is 9.59 Å². The van der Waals surface area contributed by atoms with Crippen molar-refractivity contribution in [3.8, 4) is 0 Å². The van der Waals surface area contributed by atoms with Gasteiger partial charge in [0.05, 0.1) is 0 Å². The summed E-state index contributed by atoms with van der Waals surface area (Å²) in [5.74, 6) is 0.255. The molecule has 2 N–H and O–H groups in total. The summed E-state index contributed by atoms with van der Waals surface area (Å²) < 4.78 is 0. The molecule has 0 spiro atoms. The zero-order valence-corrected chi connectivity index (χ0v) is 16.2. The number of nitrogens with zero attached hydrogens (tertiary/aromatic N) is 2. The molecule has 6 heteroatoms. The average molecular weight is 368 g/mol. The van der Waals surface area contributed by atoms with Crippen molar-refractivity contribution in [3.05, 3.63) is 35.4 Å². The number of hydrogen-bond acceptors (Lipinski definition) is 3. The summed E-state index contributed by atoms with van der Waals surface area (Å²) >= 11 is 0. The monoisotopic (exact) mass is 367 g/mol. The summed E-state index contributed by atoms with van der Waals surface area (Å²) in [4.78, 5) is 28.1. The van der Waals surface area contributed by atoms with Crippen LogP contribution < -0.4 is 5.73 Å². The van der Waals surface area contributed by atoms with Gasteiger partial charge in [0, 0.05) is 44.7 Å². The molecule has 0 saturated heterocycles. The largest absolute Gasteiger partial charge is 0.345 e. The zero-order valence-electron chi connectivity index (χ0n) is 15.4. The molecule has 25 heavy (non-hydrogen) atoms. The molecule has 140 valence electrons. The third-order valence-corrected chi connectivity index (χ3v) is 4.74. The van der Waals surface area contributed by atoms with Gasteiger partial charge >= 0.3 is 0 Å². The highest BCUT2D eigenvalue weighted by Crippen LogP contribution is 2.25. The molecule has 1 saturated carbocycles. The topological polar surface area (TPSA) is 66.6 Å². The second-order valence-electron chi connectivity index (χ2n) is 6.87. The van der Waals surface area contributed by atoms with E-state index in [0.29, 0.717) is 18.7 Å². The third-order valence-electron chi connectivity index (χ3n) is 4.74. The quantitative estimate of drug-likeness (QED) is 0.870. The van der Waals surface area contributed by atoms with Crippen LogP contribution in [-0.4, -0.2) is 48.3 Å². The maximum Gasteiger partial charge on any atom is 0.253 e. The van der Waals surface area contributed by atoms with Crippen LogP contribution >= 0.6 is 12.4 Å². The first kappa shape index (κ1) is 21.5. The van der Waals surface area contributed by atoms with Crippen LogP contribution in [0.25, 0.3) is 0 Å². The van der Waals surface area contributed by atoms with Gasteiger partial charge in [0.2, 0.25) is 5.91 Å². The lowest BCUT2D eigenvalue weighted by atomic mass is 9.85. The number of hydrogen-bond donors (Lipinski definition) is 1. The molecule has 0 aromatic heterocycles. The molecular formula is C19H30ClN3O2. The number of amides is 2. The summed E-state index contributed by atoms with van der Waals surface area (Å²) in [6, 6.07) is 7.67. The van der Waals surface area contributed by atoms with Crippen LogP contribution in [0.4, 0.5) is 0 Å². The number of nitrogens with two attached hydrogens (primary N) is 1. The fourth-order valence-electron chi connectivity index (χ4n) is 3.29. The maximum atomic E-state index is 12.8. The lowest BCUT2D eigenvalue weighted by molar-refractivity contribution is -0.137. The van der Waals surface area contributed by atoms with Crippen molar-refractivity contribution in [2.24, 2.45) is 11.7 Å². The Balaban J connectivity index is 0.00000312. The maximum absolute atomic E-state index is 12.8. The van der Waals surface area contributed by atoms with Gasteiger partial charge in [0.25, 0.3) is 5.91 Å². The standard InChI is InChI=1S/C19H29N3O2.ClH/c1-4-22(19(24)16-6-5-7-17(20)12-16)13-14-8-10-15(11-9-14)18(23)21(2)3;/h8-11,16-17H,4-7,12-13,20H2,1-3H3;1H. The number of carbonyl (C=O) groups excluding carboxylic acids is 2. The number of halogens is 1. The second kappa shape index (κ2) is 9.78. The van der Waals surface area contributed by atoms with Crippen molar-refractivity contribution in [3.63, 3.8) is 0 Å². The first-order valence-corrected chi connectivity index (χ1v) is 8.77. The van der Waals surface area contributed by atoms with E-state index in [0.717, 1.165) is 31.2 Å². The minimum atomic E-state index is -0.0128. The molecule has 0 radical (unpaired) electrons. The summed E-state index contributed by atoms with van der Waals surface area (Å²) in [5.41, 5.74) is 7.73. The second-order valence-corrected chi connectivity index (χ2v) is 6.87. The molecule has 2 unspecified atom stereocenters. The fourth-order valence-corrected chi connectivity index (χ4v) is 3.29. The third kappa shape index (κ3) is 5.72. The number of benzene rings is 1. The van der Waals surface area contributed by atoms with E-state index >= 15 is 0 Å².